The van der Waals surface area contributed by atoms with E-state index in [1.807, 2.05) is 0 Å². The Hall–Kier alpha value is -4.58. The van der Waals surface area contributed by atoms with Crippen LogP contribution in [0.5, 0.6) is 0 Å². The summed E-state index contributed by atoms with van der Waals surface area (Å²) in [4.78, 5) is 57.7. The van der Waals surface area contributed by atoms with E-state index < -0.39 is 79.2 Å². The fraction of sp³-hybridized carbons (Fsp3) is 0.371. The van der Waals surface area contributed by atoms with E-state index in [9.17, 15) is 32.3 Å². The number of benzene rings is 2. The molecule has 2 aromatic rings. The lowest BCUT2D eigenvalue weighted by Gasteiger charge is -2.38. The minimum atomic E-state index is -2.94. The molecule has 1 aliphatic rings. The van der Waals surface area contributed by atoms with Crippen LogP contribution in [0.2, 0.25) is 5.02 Å². The number of carbonyl (C=O) groups is 4. The SMILES string of the molecule is C=C/C(C)=C\C(=C)N(CC(=O)N(c1cccc(F)c1)[C@H](C(=O)NC1CC(F)(F)C1)c1ccccc1Cl)C(=O)CN(C)C(=O)OC(C)(C)C. The molecule has 0 heterocycles. The van der Waals surface area contributed by atoms with E-state index in [2.05, 4.69) is 18.5 Å². The average Bonchev–Trinajstić information content (AvgIpc) is 2.96. The number of nitrogens with zero attached hydrogens (tertiary/aromatic N) is 3. The summed E-state index contributed by atoms with van der Waals surface area (Å²) in [5.41, 5.74) is -0.131. The lowest BCUT2D eigenvalue weighted by atomic mass is 9.87. The van der Waals surface area contributed by atoms with Crippen molar-refractivity contribution in [1.82, 2.24) is 15.1 Å². The van der Waals surface area contributed by atoms with E-state index in [1.165, 1.54) is 43.5 Å². The molecule has 0 radical (unpaired) electrons. The lowest BCUT2D eigenvalue weighted by Crippen LogP contribution is -2.55. The molecule has 0 aromatic heterocycles. The van der Waals surface area contributed by atoms with Crippen LogP contribution in [-0.2, 0) is 19.1 Å². The summed E-state index contributed by atoms with van der Waals surface area (Å²) in [6.45, 7) is 13.1. The molecule has 1 atom stereocenters. The monoisotopic (exact) mass is 688 g/mol. The van der Waals surface area contributed by atoms with Gasteiger partial charge in [0.05, 0.1) is 0 Å². The number of nitrogens with one attached hydrogen (secondary N) is 1. The number of hydrogen-bond donors (Lipinski definition) is 1. The van der Waals surface area contributed by atoms with Gasteiger partial charge in [-0.05, 0) is 63.6 Å². The second kappa shape index (κ2) is 15.5. The van der Waals surface area contributed by atoms with Crippen LogP contribution < -0.4 is 10.2 Å². The van der Waals surface area contributed by atoms with Crippen LogP contribution in [0, 0.1) is 5.82 Å². The van der Waals surface area contributed by atoms with Gasteiger partial charge in [-0.1, -0.05) is 55.1 Å². The van der Waals surface area contributed by atoms with E-state index in [0.29, 0.717) is 5.57 Å². The summed E-state index contributed by atoms with van der Waals surface area (Å²) in [5.74, 6) is -6.13. The van der Waals surface area contributed by atoms with Gasteiger partial charge in [-0.2, -0.15) is 0 Å². The van der Waals surface area contributed by atoms with Crippen molar-refractivity contribution < 1.29 is 37.1 Å². The van der Waals surface area contributed by atoms with Gasteiger partial charge >= 0.3 is 6.09 Å². The quantitative estimate of drug-likeness (QED) is 0.247. The highest BCUT2D eigenvalue weighted by Crippen LogP contribution is 2.39. The van der Waals surface area contributed by atoms with Crippen molar-refractivity contribution in [2.75, 3.05) is 25.0 Å². The van der Waals surface area contributed by atoms with Crippen molar-refractivity contribution in [3.63, 3.8) is 0 Å². The van der Waals surface area contributed by atoms with Crippen molar-refractivity contribution in [3.8, 4) is 0 Å². The normalized spacial score (nSPS) is 15.0. The smallest absolute Gasteiger partial charge is 0.410 e. The zero-order valence-electron chi connectivity index (χ0n) is 27.6. The first-order valence-electron chi connectivity index (χ1n) is 15.1. The Morgan fingerprint density at radius 3 is 2.29 bits per heavy atom. The summed E-state index contributed by atoms with van der Waals surface area (Å²) in [5, 5.41) is 2.64. The van der Waals surface area contributed by atoms with Crippen molar-refractivity contribution >= 4 is 41.1 Å². The Kier molecular flexibility index (Phi) is 12.3. The maximum absolute atomic E-state index is 14.6. The number of rotatable bonds is 12. The van der Waals surface area contributed by atoms with E-state index in [-0.39, 0.29) is 22.0 Å². The highest BCUT2D eigenvalue weighted by atomic mass is 35.5. The Balaban J connectivity index is 2.09. The third-order valence-corrected chi connectivity index (χ3v) is 7.58. The number of amides is 4. The first kappa shape index (κ1) is 37.9. The van der Waals surface area contributed by atoms with Crippen molar-refractivity contribution in [1.29, 1.82) is 0 Å². The van der Waals surface area contributed by atoms with Gasteiger partial charge in [0.15, 0.2) is 0 Å². The van der Waals surface area contributed by atoms with Gasteiger partial charge in [0, 0.05) is 47.9 Å². The number of halogens is 4. The molecule has 1 N–H and O–H groups in total. The van der Waals surface area contributed by atoms with Crippen LogP contribution in [0.4, 0.5) is 23.7 Å². The highest BCUT2D eigenvalue weighted by molar-refractivity contribution is 6.31. The average molecular weight is 689 g/mol. The predicted molar refractivity (Wildman–Crippen MR) is 178 cm³/mol. The van der Waals surface area contributed by atoms with Crippen LogP contribution in [0.15, 0.2) is 85.1 Å². The summed E-state index contributed by atoms with van der Waals surface area (Å²) >= 11 is 6.52. The molecule has 3 rings (SSSR count). The number of allylic oxidation sites excluding steroid dienone is 3. The molecule has 0 spiro atoms. The van der Waals surface area contributed by atoms with Gasteiger partial charge in [-0.3, -0.25) is 19.3 Å². The zero-order chi connectivity index (χ0) is 36.0. The minimum Gasteiger partial charge on any atom is -0.444 e. The standard InChI is InChI=1S/C35H40ClF3N4O5/c1-8-22(2)16-23(3)42(29(44)20-41(7)33(47)48-34(4,5)6)21-30(45)43(26-13-11-12-24(37)17-26)31(27-14-9-10-15-28(27)36)32(46)40-25-18-35(38,39)19-25/h8-17,25,31H,1,3,18-21H2,2,4-7H3,(H,40,46)/b22-16-/t31-/m0/s1. The van der Waals surface area contributed by atoms with E-state index in [1.54, 1.807) is 39.8 Å². The van der Waals surface area contributed by atoms with E-state index >= 15 is 0 Å². The molecule has 0 unspecified atom stereocenters. The zero-order valence-corrected chi connectivity index (χ0v) is 28.3. The molecule has 258 valence electrons. The highest BCUT2D eigenvalue weighted by Gasteiger charge is 2.47. The minimum absolute atomic E-state index is 0.0537. The second-order valence-electron chi connectivity index (χ2n) is 12.5. The van der Waals surface area contributed by atoms with Gasteiger partial charge < -0.3 is 19.9 Å². The fourth-order valence-corrected chi connectivity index (χ4v) is 5.09. The summed E-state index contributed by atoms with van der Waals surface area (Å²) in [6, 6.07) is 8.55. The Bertz CT molecular complexity index is 1600. The molecule has 1 aliphatic carbocycles. The topological polar surface area (TPSA) is 99.3 Å². The molecule has 0 aliphatic heterocycles. The van der Waals surface area contributed by atoms with Gasteiger partial charge in [0.25, 0.3) is 5.92 Å². The van der Waals surface area contributed by atoms with Gasteiger partial charge in [-0.25, -0.2) is 18.0 Å². The maximum Gasteiger partial charge on any atom is 0.410 e. The number of anilines is 1. The van der Waals surface area contributed by atoms with Crippen molar-refractivity contribution in [2.24, 2.45) is 0 Å². The predicted octanol–water partition coefficient (Wildman–Crippen LogP) is 6.81. The van der Waals surface area contributed by atoms with E-state index in [0.717, 1.165) is 26.8 Å². The number of carbonyl (C=O) groups excluding carboxylic acids is 4. The maximum atomic E-state index is 14.6. The summed E-state index contributed by atoms with van der Waals surface area (Å²) < 4.78 is 47.4. The number of ether oxygens (including phenoxy) is 1. The molecule has 48 heavy (non-hydrogen) atoms. The molecule has 9 nitrogen and oxygen atoms in total. The molecule has 13 heteroatoms. The first-order valence-corrected chi connectivity index (χ1v) is 15.4. The second-order valence-corrected chi connectivity index (χ2v) is 12.9. The Morgan fingerprint density at radius 1 is 1.08 bits per heavy atom. The number of hydrogen-bond acceptors (Lipinski definition) is 5. The molecule has 1 fully saturated rings. The molecule has 0 bridgehead atoms. The van der Waals surface area contributed by atoms with Gasteiger partial charge in [0.2, 0.25) is 17.7 Å². The molecule has 1 saturated carbocycles. The van der Waals surface area contributed by atoms with Crippen LogP contribution in [0.1, 0.15) is 52.1 Å². The molecular formula is C35H40ClF3N4O5. The molecule has 0 saturated heterocycles. The third kappa shape index (κ3) is 10.2. The molecule has 4 amide bonds. The van der Waals surface area contributed by atoms with Gasteiger partial charge in [0.1, 0.15) is 30.5 Å². The van der Waals surface area contributed by atoms with Crippen LogP contribution in [0.3, 0.4) is 0 Å². The fourth-order valence-electron chi connectivity index (χ4n) is 4.85. The third-order valence-electron chi connectivity index (χ3n) is 7.23. The van der Waals surface area contributed by atoms with Crippen molar-refractivity contribution in [2.45, 2.75) is 64.1 Å². The van der Waals surface area contributed by atoms with Crippen LogP contribution in [0.25, 0.3) is 0 Å². The van der Waals surface area contributed by atoms with Crippen LogP contribution in [-0.4, -0.2) is 71.3 Å². The summed E-state index contributed by atoms with van der Waals surface area (Å²) in [6.07, 6.45) is 1.02. The van der Waals surface area contributed by atoms with Crippen LogP contribution >= 0.6 is 11.6 Å². The Morgan fingerprint density at radius 2 is 1.73 bits per heavy atom. The van der Waals surface area contributed by atoms with Crippen molar-refractivity contribution in [3.05, 3.63) is 102 Å². The van der Waals surface area contributed by atoms with Gasteiger partial charge in [-0.15, -0.1) is 0 Å². The Labute approximate surface area is 283 Å². The number of alkyl halides is 2. The largest absolute Gasteiger partial charge is 0.444 e. The lowest BCUT2D eigenvalue weighted by molar-refractivity contribution is -0.135. The van der Waals surface area contributed by atoms with E-state index in [4.69, 9.17) is 16.3 Å². The molecular weight excluding hydrogens is 649 g/mol. The first-order chi connectivity index (χ1) is 22.3. The molecule has 2 aromatic carbocycles. The number of likely N-dealkylation sites (N-methyl/N-ethyl adjacent to an activating group) is 1. The summed E-state index contributed by atoms with van der Waals surface area (Å²) in [7, 11) is 1.35.